The van der Waals surface area contributed by atoms with Gasteiger partial charge >= 0.3 is 0 Å². The Balaban J connectivity index is 3.00. The maximum absolute atomic E-state index is 5.78. The van der Waals surface area contributed by atoms with Crippen LogP contribution < -0.4 is 9.47 Å². The van der Waals surface area contributed by atoms with Gasteiger partial charge in [0.05, 0.1) is 13.2 Å². The summed E-state index contributed by atoms with van der Waals surface area (Å²) in [7, 11) is 0. The molecule has 0 heterocycles. The van der Waals surface area contributed by atoms with Crippen molar-refractivity contribution in [2.75, 3.05) is 13.2 Å². The van der Waals surface area contributed by atoms with Crippen LogP contribution in [-0.4, -0.2) is 13.2 Å². The molecule has 22 heavy (non-hydrogen) atoms. The van der Waals surface area contributed by atoms with Gasteiger partial charge < -0.3 is 9.47 Å². The van der Waals surface area contributed by atoms with E-state index in [9.17, 15) is 0 Å². The number of hydrogen-bond acceptors (Lipinski definition) is 2. The molecule has 2 nitrogen and oxygen atoms in total. The minimum absolute atomic E-state index is 0.131. The Morgan fingerprint density at radius 3 is 1.91 bits per heavy atom. The normalized spacial score (nSPS) is 11.5. The zero-order chi connectivity index (χ0) is 16.6. The summed E-state index contributed by atoms with van der Waals surface area (Å²) in [5, 5.41) is 0. The highest BCUT2D eigenvalue weighted by Gasteiger charge is 2.23. The molecule has 1 aromatic rings. The largest absolute Gasteiger partial charge is 0.493 e. The third-order valence-corrected chi connectivity index (χ3v) is 4.82. The highest BCUT2D eigenvalue weighted by molar-refractivity contribution is 9.10. The van der Waals surface area contributed by atoms with Gasteiger partial charge in [-0.25, -0.2) is 0 Å². The van der Waals surface area contributed by atoms with E-state index in [0.29, 0.717) is 13.2 Å². The van der Waals surface area contributed by atoms with E-state index in [4.69, 9.17) is 9.47 Å². The zero-order valence-corrected chi connectivity index (χ0v) is 16.4. The quantitative estimate of drug-likeness (QED) is 0.437. The highest BCUT2D eigenvalue weighted by Crippen LogP contribution is 2.41. The van der Waals surface area contributed by atoms with E-state index in [1.807, 2.05) is 13.8 Å². The van der Waals surface area contributed by atoms with E-state index in [-0.39, 0.29) is 5.41 Å². The van der Waals surface area contributed by atoms with Gasteiger partial charge in [-0.15, -0.1) is 0 Å². The zero-order valence-electron chi connectivity index (χ0n) is 14.8. The van der Waals surface area contributed by atoms with Crippen molar-refractivity contribution >= 4 is 15.9 Å². The van der Waals surface area contributed by atoms with Crippen molar-refractivity contribution in [2.45, 2.75) is 72.1 Å². The summed E-state index contributed by atoms with van der Waals surface area (Å²) in [6.07, 6.45) is 6.37. The predicted octanol–water partition coefficient (Wildman–Crippen LogP) is 6.49. The number of rotatable bonds is 10. The second-order valence-corrected chi connectivity index (χ2v) is 7.14. The molecule has 0 unspecified atom stereocenters. The lowest BCUT2D eigenvalue weighted by molar-refractivity contribution is 0.316. The summed E-state index contributed by atoms with van der Waals surface area (Å²) in [6, 6.07) is 4.33. The summed E-state index contributed by atoms with van der Waals surface area (Å²) in [5.74, 6) is 1.76. The fourth-order valence-electron chi connectivity index (χ4n) is 2.62. The first-order valence-corrected chi connectivity index (χ1v) is 9.35. The average molecular weight is 371 g/mol. The molecule has 0 aliphatic rings. The van der Waals surface area contributed by atoms with Gasteiger partial charge in [0, 0.05) is 0 Å². The van der Waals surface area contributed by atoms with E-state index >= 15 is 0 Å². The van der Waals surface area contributed by atoms with Crippen LogP contribution >= 0.6 is 15.9 Å². The molecule has 0 fully saturated rings. The molecular formula is C19H31BrO2. The fourth-order valence-corrected chi connectivity index (χ4v) is 3.08. The number of ether oxygens (including phenoxy) is 2. The van der Waals surface area contributed by atoms with Crippen molar-refractivity contribution < 1.29 is 9.47 Å². The smallest absolute Gasteiger partial charge is 0.137 e. The molecule has 0 saturated carbocycles. The topological polar surface area (TPSA) is 18.5 Å². The van der Waals surface area contributed by atoms with Gasteiger partial charge in [-0.2, -0.15) is 0 Å². The van der Waals surface area contributed by atoms with Crippen LogP contribution in [0, 0.1) is 0 Å². The standard InChI is InChI=1S/C19H31BrO2/c1-6-9-10-11-12-19(4,5)15-13-16(21-7-2)18(20)17(14-15)22-8-3/h13-14H,6-12H2,1-5H3. The van der Waals surface area contributed by atoms with Crippen LogP contribution in [0.4, 0.5) is 0 Å². The van der Waals surface area contributed by atoms with Gasteiger partial charge in [-0.1, -0.05) is 46.5 Å². The molecule has 1 rings (SSSR count). The van der Waals surface area contributed by atoms with Crippen molar-refractivity contribution in [3.8, 4) is 11.5 Å². The number of benzene rings is 1. The van der Waals surface area contributed by atoms with Gasteiger partial charge in [0.15, 0.2) is 0 Å². The molecule has 0 bridgehead atoms. The molecule has 0 atom stereocenters. The number of hydrogen-bond donors (Lipinski definition) is 0. The van der Waals surface area contributed by atoms with Crippen LogP contribution in [0.3, 0.4) is 0 Å². The van der Waals surface area contributed by atoms with Crippen LogP contribution in [-0.2, 0) is 5.41 Å². The predicted molar refractivity (Wildman–Crippen MR) is 98.3 cm³/mol. The van der Waals surface area contributed by atoms with Crippen molar-refractivity contribution in [2.24, 2.45) is 0 Å². The van der Waals surface area contributed by atoms with Gasteiger partial charge in [0.2, 0.25) is 0 Å². The molecule has 0 N–H and O–H groups in total. The average Bonchev–Trinajstić information content (AvgIpc) is 2.48. The molecule has 0 aliphatic heterocycles. The first-order valence-electron chi connectivity index (χ1n) is 8.55. The molecule has 0 amide bonds. The Kier molecular flexibility index (Phi) is 8.30. The second kappa shape index (κ2) is 9.44. The van der Waals surface area contributed by atoms with E-state index < -0.39 is 0 Å². The van der Waals surface area contributed by atoms with E-state index in [1.165, 1.54) is 37.7 Å². The Morgan fingerprint density at radius 2 is 1.45 bits per heavy atom. The minimum atomic E-state index is 0.131. The Morgan fingerprint density at radius 1 is 0.909 bits per heavy atom. The lowest BCUT2D eigenvalue weighted by Crippen LogP contribution is -2.17. The van der Waals surface area contributed by atoms with Gasteiger partial charge in [0.25, 0.3) is 0 Å². The van der Waals surface area contributed by atoms with Gasteiger partial charge in [-0.3, -0.25) is 0 Å². The summed E-state index contributed by atoms with van der Waals surface area (Å²) < 4.78 is 12.5. The monoisotopic (exact) mass is 370 g/mol. The Hall–Kier alpha value is -0.700. The van der Waals surface area contributed by atoms with Crippen molar-refractivity contribution in [1.29, 1.82) is 0 Å². The van der Waals surface area contributed by atoms with Crippen LogP contribution in [0.25, 0.3) is 0 Å². The fraction of sp³-hybridized carbons (Fsp3) is 0.684. The molecule has 0 saturated heterocycles. The van der Waals surface area contributed by atoms with Gasteiger partial charge in [0.1, 0.15) is 16.0 Å². The van der Waals surface area contributed by atoms with Gasteiger partial charge in [-0.05, 0) is 59.3 Å². The maximum atomic E-state index is 5.78. The molecule has 0 aromatic heterocycles. The first kappa shape index (κ1) is 19.3. The molecule has 0 aliphatic carbocycles. The van der Waals surface area contributed by atoms with Crippen molar-refractivity contribution in [3.05, 3.63) is 22.2 Å². The third-order valence-electron chi connectivity index (χ3n) is 4.04. The van der Waals surface area contributed by atoms with Crippen molar-refractivity contribution in [1.82, 2.24) is 0 Å². The molecular weight excluding hydrogens is 340 g/mol. The molecule has 0 radical (unpaired) electrons. The Labute approximate surface area is 144 Å². The summed E-state index contributed by atoms with van der Waals surface area (Å²) >= 11 is 3.61. The molecule has 126 valence electrons. The lowest BCUT2D eigenvalue weighted by atomic mass is 9.80. The van der Waals surface area contributed by atoms with Crippen molar-refractivity contribution in [3.63, 3.8) is 0 Å². The van der Waals surface area contributed by atoms with E-state index in [0.717, 1.165) is 16.0 Å². The second-order valence-electron chi connectivity index (χ2n) is 6.35. The summed E-state index contributed by atoms with van der Waals surface area (Å²) in [4.78, 5) is 0. The molecule has 0 spiro atoms. The molecule has 1 aromatic carbocycles. The van der Waals surface area contributed by atoms with Crippen LogP contribution in [0.5, 0.6) is 11.5 Å². The van der Waals surface area contributed by atoms with E-state index in [1.54, 1.807) is 0 Å². The maximum Gasteiger partial charge on any atom is 0.137 e. The van der Waals surface area contributed by atoms with Crippen LogP contribution in [0.15, 0.2) is 16.6 Å². The number of unbranched alkanes of at least 4 members (excludes halogenated alkanes) is 3. The summed E-state index contributed by atoms with van der Waals surface area (Å²) in [6.45, 7) is 12.2. The third kappa shape index (κ3) is 5.49. The SMILES string of the molecule is CCCCCCC(C)(C)c1cc(OCC)c(Br)c(OCC)c1. The van der Waals surface area contributed by atoms with Crippen LogP contribution in [0.2, 0.25) is 0 Å². The highest BCUT2D eigenvalue weighted by atomic mass is 79.9. The van der Waals surface area contributed by atoms with E-state index in [2.05, 4.69) is 48.8 Å². The number of halogens is 1. The lowest BCUT2D eigenvalue weighted by Gasteiger charge is -2.27. The minimum Gasteiger partial charge on any atom is -0.493 e. The molecule has 3 heteroatoms. The van der Waals surface area contributed by atoms with Crippen LogP contribution in [0.1, 0.15) is 72.3 Å². The summed E-state index contributed by atoms with van der Waals surface area (Å²) in [5.41, 5.74) is 1.42. The first-order chi connectivity index (χ1) is 10.5. The Bertz CT molecular complexity index is 428.